The minimum absolute atomic E-state index is 0.0475. The Balaban J connectivity index is 2.28. The van der Waals surface area contributed by atoms with E-state index in [0.717, 1.165) is 15.6 Å². The highest BCUT2D eigenvalue weighted by molar-refractivity contribution is 9.10. The maximum absolute atomic E-state index is 12.0. The summed E-state index contributed by atoms with van der Waals surface area (Å²) in [4.78, 5) is 13.8. The number of benzene rings is 1. The molecule has 0 saturated carbocycles. The van der Waals surface area contributed by atoms with Gasteiger partial charge in [0.05, 0.1) is 6.61 Å². The molecule has 0 atom stereocenters. The van der Waals surface area contributed by atoms with E-state index in [1.54, 1.807) is 4.90 Å². The molecule has 1 aromatic carbocycles. The van der Waals surface area contributed by atoms with Gasteiger partial charge in [-0.2, -0.15) is 0 Å². The van der Waals surface area contributed by atoms with Gasteiger partial charge in [-0.15, -0.1) is 0 Å². The first-order valence-corrected chi connectivity index (χ1v) is 5.61. The summed E-state index contributed by atoms with van der Waals surface area (Å²) < 4.78 is 6.13. The zero-order valence-electron chi connectivity index (χ0n) is 8.50. The highest BCUT2D eigenvalue weighted by Crippen LogP contribution is 2.21. The molecule has 1 fully saturated rings. The lowest BCUT2D eigenvalue weighted by atomic mass is 10.1. The lowest BCUT2D eigenvalue weighted by molar-refractivity contribution is 0.0694. The molecular formula is C11H12BrNO2. The van der Waals surface area contributed by atoms with E-state index >= 15 is 0 Å². The number of halogens is 1. The molecule has 1 saturated heterocycles. The van der Waals surface area contributed by atoms with Crippen molar-refractivity contribution in [2.45, 2.75) is 6.92 Å². The van der Waals surface area contributed by atoms with Crippen molar-refractivity contribution in [1.82, 2.24) is 4.90 Å². The Kier molecular flexibility index (Phi) is 3.07. The Morgan fingerprint density at radius 2 is 2.33 bits per heavy atom. The van der Waals surface area contributed by atoms with Gasteiger partial charge in [0, 0.05) is 16.6 Å². The average molecular weight is 270 g/mol. The standard InChI is InChI=1S/C11H12BrNO2/c1-8-9(3-2-4-10(8)12)11(14)13-5-6-15-7-13/h2-4H,5-7H2,1H3. The number of amides is 1. The lowest BCUT2D eigenvalue weighted by Crippen LogP contribution is -2.28. The van der Waals surface area contributed by atoms with Crippen LogP contribution in [0.1, 0.15) is 15.9 Å². The van der Waals surface area contributed by atoms with Crippen LogP contribution in [0.3, 0.4) is 0 Å². The van der Waals surface area contributed by atoms with Crippen LogP contribution in [-0.2, 0) is 4.74 Å². The van der Waals surface area contributed by atoms with Gasteiger partial charge < -0.3 is 9.64 Å². The molecule has 0 aliphatic carbocycles. The molecule has 1 aliphatic rings. The minimum atomic E-state index is 0.0475. The van der Waals surface area contributed by atoms with Gasteiger partial charge in [0.25, 0.3) is 5.91 Å². The summed E-state index contributed by atoms with van der Waals surface area (Å²) in [5.41, 5.74) is 1.73. The second-order valence-corrected chi connectivity index (χ2v) is 4.37. The van der Waals surface area contributed by atoms with Gasteiger partial charge in [-0.1, -0.05) is 22.0 Å². The van der Waals surface area contributed by atoms with Gasteiger partial charge in [0.1, 0.15) is 6.73 Å². The molecule has 1 amide bonds. The summed E-state index contributed by atoms with van der Waals surface area (Å²) in [6, 6.07) is 5.66. The van der Waals surface area contributed by atoms with Crippen molar-refractivity contribution in [2.24, 2.45) is 0 Å². The molecule has 4 heteroatoms. The number of carbonyl (C=O) groups excluding carboxylic acids is 1. The van der Waals surface area contributed by atoms with Crippen LogP contribution in [0.5, 0.6) is 0 Å². The van der Waals surface area contributed by atoms with Crippen LogP contribution in [0.15, 0.2) is 22.7 Å². The first kappa shape index (κ1) is 10.6. The second kappa shape index (κ2) is 4.33. The third-order valence-electron chi connectivity index (χ3n) is 2.54. The number of carbonyl (C=O) groups is 1. The summed E-state index contributed by atoms with van der Waals surface area (Å²) in [5, 5.41) is 0. The predicted molar refractivity (Wildman–Crippen MR) is 60.7 cm³/mol. The van der Waals surface area contributed by atoms with Crippen molar-refractivity contribution >= 4 is 21.8 Å². The van der Waals surface area contributed by atoms with Crippen molar-refractivity contribution in [3.8, 4) is 0 Å². The first-order chi connectivity index (χ1) is 7.20. The van der Waals surface area contributed by atoms with Gasteiger partial charge in [0.15, 0.2) is 0 Å². The molecule has 0 radical (unpaired) electrons. The molecular weight excluding hydrogens is 258 g/mol. The number of hydrogen-bond donors (Lipinski definition) is 0. The number of rotatable bonds is 1. The smallest absolute Gasteiger partial charge is 0.256 e. The molecule has 0 N–H and O–H groups in total. The van der Waals surface area contributed by atoms with Crippen LogP contribution in [0.2, 0.25) is 0 Å². The van der Waals surface area contributed by atoms with Gasteiger partial charge >= 0.3 is 0 Å². The molecule has 1 heterocycles. The molecule has 0 spiro atoms. The van der Waals surface area contributed by atoms with E-state index in [-0.39, 0.29) is 5.91 Å². The number of hydrogen-bond acceptors (Lipinski definition) is 2. The molecule has 1 aliphatic heterocycles. The zero-order valence-corrected chi connectivity index (χ0v) is 10.1. The summed E-state index contributed by atoms with van der Waals surface area (Å²) in [6.07, 6.45) is 0. The maximum atomic E-state index is 12.0. The predicted octanol–water partition coefficient (Wildman–Crippen LogP) is 2.19. The highest BCUT2D eigenvalue weighted by Gasteiger charge is 2.21. The first-order valence-electron chi connectivity index (χ1n) is 4.82. The third kappa shape index (κ3) is 2.06. The minimum Gasteiger partial charge on any atom is -0.359 e. The molecule has 0 bridgehead atoms. The van der Waals surface area contributed by atoms with Crippen LogP contribution >= 0.6 is 15.9 Å². The van der Waals surface area contributed by atoms with Crippen molar-refractivity contribution in [2.75, 3.05) is 19.9 Å². The normalized spacial score (nSPS) is 15.7. The summed E-state index contributed by atoms with van der Waals surface area (Å²) in [6.45, 7) is 3.67. The zero-order chi connectivity index (χ0) is 10.8. The summed E-state index contributed by atoms with van der Waals surface area (Å²) in [7, 11) is 0. The SMILES string of the molecule is Cc1c(Br)cccc1C(=O)N1CCOC1. The Morgan fingerprint density at radius 3 is 3.00 bits per heavy atom. The van der Waals surface area contributed by atoms with E-state index in [1.165, 1.54) is 0 Å². The summed E-state index contributed by atoms with van der Waals surface area (Å²) >= 11 is 3.42. The Morgan fingerprint density at radius 1 is 1.53 bits per heavy atom. The van der Waals surface area contributed by atoms with Gasteiger partial charge in [-0.25, -0.2) is 0 Å². The van der Waals surface area contributed by atoms with Crippen LogP contribution < -0.4 is 0 Å². The van der Waals surface area contributed by atoms with Crippen molar-refractivity contribution in [3.63, 3.8) is 0 Å². The topological polar surface area (TPSA) is 29.5 Å². The van der Waals surface area contributed by atoms with Crippen LogP contribution in [0.4, 0.5) is 0 Å². The van der Waals surface area contributed by atoms with Crippen molar-refractivity contribution < 1.29 is 9.53 Å². The van der Waals surface area contributed by atoms with E-state index in [2.05, 4.69) is 15.9 Å². The fourth-order valence-corrected chi connectivity index (χ4v) is 1.95. The van der Waals surface area contributed by atoms with E-state index in [0.29, 0.717) is 19.9 Å². The molecule has 0 unspecified atom stereocenters. The van der Waals surface area contributed by atoms with E-state index in [1.807, 2.05) is 25.1 Å². The second-order valence-electron chi connectivity index (χ2n) is 3.52. The molecule has 80 valence electrons. The van der Waals surface area contributed by atoms with E-state index < -0.39 is 0 Å². The number of nitrogens with zero attached hydrogens (tertiary/aromatic N) is 1. The average Bonchev–Trinajstić information content (AvgIpc) is 2.74. The molecule has 15 heavy (non-hydrogen) atoms. The van der Waals surface area contributed by atoms with Crippen molar-refractivity contribution in [3.05, 3.63) is 33.8 Å². The number of ether oxygens (including phenoxy) is 1. The summed E-state index contributed by atoms with van der Waals surface area (Å²) in [5.74, 6) is 0.0475. The van der Waals surface area contributed by atoms with Gasteiger partial charge in [0.2, 0.25) is 0 Å². The fraction of sp³-hybridized carbons (Fsp3) is 0.364. The molecule has 1 aromatic rings. The molecule has 2 rings (SSSR count). The largest absolute Gasteiger partial charge is 0.359 e. The van der Waals surface area contributed by atoms with Crippen LogP contribution in [0, 0.1) is 6.92 Å². The van der Waals surface area contributed by atoms with Gasteiger partial charge in [-0.05, 0) is 24.6 Å². The molecule has 3 nitrogen and oxygen atoms in total. The van der Waals surface area contributed by atoms with E-state index in [9.17, 15) is 4.79 Å². The Hall–Kier alpha value is -0.870. The third-order valence-corrected chi connectivity index (χ3v) is 3.40. The van der Waals surface area contributed by atoms with Crippen molar-refractivity contribution in [1.29, 1.82) is 0 Å². The Bertz CT molecular complexity index is 386. The van der Waals surface area contributed by atoms with Crippen LogP contribution in [-0.4, -0.2) is 30.7 Å². The van der Waals surface area contributed by atoms with Gasteiger partial charge in [-0.3, -0.25) is 4.79 Å². The highest BCUT2D eigenvalue weighted by atomic mass is 79.9. The molecule has 0 aromatic heterocycles. The van der Waals surface area contributed by atoms with Crippen LogP contribution in [0.25, 0.3) is 0 Å². The maximum Gasteiger partial charge on any atom is 0.256 e. The monoisotopic (exact) mass is 269 g/mol. The quantitative estimate of drug-likeness (QED) is 0.782. The van der Waals surface area contributed by atoms with E-state index in [4.69, 9.17) is 4.74 Å². The Labute approximate surface area is 97.2 Å². The lowest BCUT2D eigenvalue weighted by Gasteiger charge is -2.15. The fourth-order valence-electron chi connectivity index (χ4n) is 1.58.